The number of hydrogen-bond acceptors (Lipinski definition) is 10. The molecule has 13 nitrogen and oxygen atoms in total. The summed E-state index contributed by atoms with van der Waals surface area (Å²) in [6, 6.07) is -0.729. The second-order valence-corrected chi connectivity index (χ2v) is 19.6. The average molecular weight is 810 g/mol. The SMILES string of the molecule is C#CCCOCCOC(=O)CC(CN=[N+]=[N-])CC(=O)C1=C(C)CSC2C(NC(=O)CCC(C)C3CCC4C5C(O)CC6CC(O)CCC6(C)C5CCC34C)C(=O)N12. The second-order valence-electron chi connectivity index (χ2n) is 18.5. The van der Waals surface area contributed by atoms with E-state index in [9.17, 15) is 29.4 Å². The first-order valence-electron chi connectivity index (χ1n) is 21.2. The van der Waals surface area contributed by atoms with E-state index in [2.05, 4.69) is 42.0 Å². The van der Waals surface area contributed by atoms with Crippen molar-refractivity contribution in [3.63, 3.8) is 0 Å². The van der Waals surface area contributed by atoms with E-state index in [1.165, 1.54) is 16.7 Å². The Kier molecular flexibility index (Phi) is 14.1. The van der Waals surface area contributed by atoms with Crippen LogP contribution in [0.5, 0.6) is 0 Å². The van der Waals surface area contributed by atoms with Gasteiger partial charge in [-0.05, 0) is 128 Å². The number of thioether (sulfide) groups is 1. The summed E-state index contributed by atoms with van der Waals surface area (Å²) in [6.45, 7) is 9.44. The molecule has 0 spiro atoms. The molecule has 2 heterocycles. The van der Waals surface area contributed by atoms with Crippen molar-refractivity contribution in [1.29, 1.82) is 0 Å². The van der Waals surface area contributed by atoms with E-state index in [1.807, 2.05) is 6.92 Å². The van der Waals surface area contributed by atoms with Crippen LogP contribution in [-0.4, -0.2) is 94.4 Å². The molecule has 0 aromatic rings. The highest BCUT2D eigenvalue weighted by Crippen LogP contribution is 2.68. The van der Waals surface area contributed by atoms with Crippen LogP contribution in [-0.2, 0) is 28.7 Å². The molecule has 5 fully saturated rings. The standard InChI is InChI=1S/C43H63N5O8S/c1-6-7-16-55-17-18-56-36(53)20-27(23-45-47-44)19-34(51)39-26(3)24-57-41-38(40(54)48(39)41)46-35(52)11-8-25(2)30-9-10-31-37-32(13-15-43(30,31)5)42(4)14-12-29(49)21-28(42)22-33(37)50/h1,25,27-33,37-38,41,49-50H,7-24H2,2-5H3,(H,46,52). The van der Waals surface area contributed by atoms with Gasteiger partial charge in [-0.1, -0.05) is 25.9 Å². The summed E-state index contributed by atoms with van der Waals surface area (Å²) >= 11 is 1.51. The van der Waals surface area contributed by atoms with Crippen molar-refractivity contribution in [3.05, 3.63) is 21.7 Å². The average Bonchev–Trinajstić information content (AvgIpc) is 3.54. The van der Waals surface area contributed by atoms with E-state index >= 15 is 0 Å². The fourth-order valence-electron chi connectivity index (χ4n) is 12.3. The van der Waals surface area contributed by atoms with E-state index in [4.69, 9.17) is 21.4 Å². The Morgan fingerprint density at radius 1 is 1.09 bits per heavy atom. The smallest absolute Gasteiger partial charge is 0.306 e. The molecule has 314 valence electrons. The first kappa shape index (κ1) is 43.5. The zero-order valence-electron chi connectivity index (χ0n) is 34.2. The van der Waals surface area contributed by atoms with Gasteiger partial charge in [0.1, 0.15) is 18.0 Å². The molecular weight excluding hydrogens is 747 g/mol. The molecule has 0 aromatic carbocycles. The quantitative estimate of drug-likeness (QED) is 0.0304. The maximum Gasteiger partial charge on any atom is 0.306 e. The fraction of sp³-hybridized carbons (Fsp3) is 0.814. The number of carbonyl (C=O) groups excluding carboxylic acids is 4. The van der Waals surface area contributed by atoms with E-state index in [1.54, 1.807) is 0 Å². The summed E-state index contributed by atoms with van der Waals surface area (Å²) in [7, 11) is 0. The highest BCUT2D eigenvalue weighted by atomic mass is 32.2. The van der Waals surface area contributed by atoms with Crippen LogP contribution in [0.2, 0.25) is 0 Å². The molecule has 6 aliphatic rings. The van der Waals surface area contributed by atoms with Crippen LogP contribution in [0.15, 0.2) is 16.4 Å². The van der Waals surface area contributed by atoms with Crippen LogP contribution < -0.4 is 5.32 Å². The molecule has 2 aliphatic heterocycles. The van der Waals surface area contributed by atoms with Gasteiger partial charge in [-0.2, -0.15) is 0 Å². The number of Topliss-reactive ketones (excluding diaryl/α,β-unsaturated/α-hetero) is 1. The molecule has 3 N–H and O–H groups in total. The van der Waals surface area contributed by atoms with Gasteiger partial charge in [0.2, 0.25) is 5.91 Å². The Labute approximate surface area is 341 Å². The van der Waals surface area contributed by atoms with Crippen LogP contribution in [0, 0.1) is 64.6 Å². The molecule has 13 atom stereocenters. The summed E-state index contributed by atoms with van der Waals surface area (Å²) in [6.07, 6.45) is 13.8. The van der Waals surface area contributed by atoms with Gasteiger partial charge in [0.05, 0.1) is 31.1 Å². The Morgan fingerprint density at radius 3 is 2.60 bits per heavy atom. The van der Waals surface area contributed by atoms with Crippen LogP contribution in [0.3, 0.4) is 0 Å². The summed E-state index contributed by atoms with van der Waals surface area (Å²) in [5.74, 6) is 3.40. The zero-order valence-corrected chi connectivity index (χ0v) is 35.0. The van der Waals surface area contributed by atoms with E-state index in [0.29, 0.717) is 67.1 Å². The Balaban J connectivity index is 0.996. The van der Waals surface area contributed by atoms with Crippen molar-refractivity contribution in [2.45, 2.75) is 135 Å². The number of nitrogens with zero attached hydrogens (tertiary/aromatic N) is 4. The lowest BCUT2D eigenvalue weighted by molar-refractivity contribution is -0.174. The number of azide groups is 1. The van der Waals surface area contributed by atoms with Crippen molar-refractivity contribution in [1.82, 2.24) is 10.2 Å². The summed E-state index contributed by atoms with van der Waals surface area (Å²) in [5, 5.41) is 28.2. The molecule has 0 bridgehead atoms. The maximum absolute atomic E-state index is 13.7. The largest absolute Gasteiger partial charge is 0.463 e. The third kappa shape index (κ3) is 8.94. The molecule has 4 aliphatic carbocycles. The molecule has 2 amide bonds. The number of esters is 1. The van der Waals surface area contributed by atoms with Crippen molar-refractivity contribution < 1.29 is 38.9 Å². The number of ketones is 1. The number of rotatable bonds is 17. The Hall–Kier alpha value is -3.08. The van der Waals surface area contributed by atoms with Gasteiger partial charge >= 0.3 is 5.97 Å². The number of amides is 2. The van der Waals surface area contributed by atoms with Crippen LogP contribution in [0.1, 0.15) is 111 Å². The van der Waals surface area contributed by atoms with Gasteiger partial charge in [-0.25, -0.2) is 0 Å². The van der Waals surface area contributed by atoms with Crippen LogP contribution in [0.4, 0.5) is 0 Å². The van der Waals surface area contributed by atoms with Gasteiger partial charge in [0, 0.05) is 42.9 Å². The third-order valence-corrected chi connectivity index (χ3v) is 16.6. The minimum atomic E-state index is -0.729. The predicted octanol–water partition coefficient (Wildman–Crippen LogP) is 5.93. The maximum atomic E-state index is 13.7. The fourth-order valence-corrected chi connectivity index (χ4v) is 13.6. The first-order valence-corrected chi connectivity index (χ1v) is 22.3. The van der Waals surface area contributed by atoms with Gasteiger partial charge in [0.15, 0.2) is 5.78 Å². The number of ether oxygens (including phenoxy) is 2. The molecule has 13 unspecified atom stereocenters. The van der Waals surface area contributed by atoms with Gasteiger partial charge < -0.3 is 25.0 Å². The molecule has 57 heavy (non-hydrogen) atoms. The number of aliphatic hydroxyl groups excluding tert-OH is 2. The number of allylic oxidation sites excluding steroid dienone is 1. The molecule has 6 rings (SSSR count). The predicted molar refractivity (Wildman–Crippen MR) is 216 cm³/mol. The van der Waals surface area contributed by atoms with E-state index in [-0.39, 0.29) is 78.9 Å². The lowest BCUT2D eigenvalue weighted by Gasteiger charge is -2.62. The molecule has 14 heteroatoms. The molecular formula is C43H63N5O8S. The number of terminal acetylenes is 1. The Morgan fingerprint density at radius 2 is 1.84 bits per heavy atom. The van der Waals surface area contributed by atoms with Crippen molar-refractivity contribution in [2.75, 3.05) is 32.1 Å². The molecule has 0 radical (unpaired) electrons. The highest BCUT2D eigenvalue weighted by Gasteiger charge is 2.63. The van der Waals surface area contributed by atoms with Crippen LogP contribution in [0.25, 0.3) is 10.4 Å². The molecule has 0 aromatic heterocycles. The lowest BCUT2D eigenvalue weighted by Crippen LogP contribution is -2.70. The van der Waals surface area contributed by atoms with Gasteiger partial charge in [-0.15, -0.1) is 24.1 Å². The zero-order chi connectivity index (χ0) is 41.1. The number of β-lactam (4-membered cyclic amide) rings is 1. The number of hydrogen-bond donors (Lipinski definition) is 3. The van der Waals surface area contributed by atoms with Gasteiger partial charge in [0.25, 0.3) is 5.91 Å². The Bertz CT molecular complexity index is 1660. The number of fused-ring (bicyclic) bond motifs is 6. The third-order valence-electron chi connectivity index (χ3n) is 15.2. The number of carbonyl (C=O) groups is 4. The summed E-state index contributed by atoms with van der Waals surface area (Å²) in [5.41, 5.74) is 10.3. The highest BCUT2D eigenvalue weighted by molar-refractivity contribution is 8.00. The minimum Gasteiger partial charge on any atom is -0.463 e. The first-order chi connectivity index (χ1) is 27.2. The van der Waals surface area contributed by atoms with E-state index in [0.717, 1.165) is 56.9 Å². The molecule has 1 saturated heterocycles. The van der Waals surface area contributed by atoms with Crippen molar-refractivity contribution >= 4 is 35.3 Å². The van der Waals surface area contributed by atoms with E-state index < -0.39 is 23.3 Å². The normalized spacial score (nSPS) is 36.5. The number of aliphatic hydroxyl groups is 2. The summed E-state index contributed by atoms with van der Waals surface area (Å²) < 4.78 is 10.5. The van der Waals surface area contributed by atoms with Crippen LogP contribution >= 0.6 is 11.8 Å². The lowest BCUT2D eigenvalue weighted by atomic mass is 9.43. The van der Waals surface area contributed by atoms with Gasteiger partial charge in [-0.3, -0.25) is 24.1 Å². The topological polar surface area (TPSA) is 191 Å². The monoisotopic (exact) mass is 809 g/mol. The second kappa shape index (κ2) is 18.5. The van der Waals surface area contributed by atoms with Crippen molar-refractivity contribution in [2.24, 2.45) is 57.4 Å². The van der Waals surface area contributed by atoms with Crippen molar-refractivity contribution in [3.8, 4) is 12.3 Å². The summed E-state index contributed by atoms with van der Waals surface area (Å²) in [4.78, 5) is 57.5. The molecule has 4 saturated carbocycles. The number of nitrogens with one attached hydrogen (secondary N) is 1. The minimum absolute atomic E-state index is 0.0305.